The second-order valence-corrected chi connectivity index (χ2v) is 7.79. The predicted molar refractivity (Wildman–Crippen MR) is 108 cm³/mol. The van der Waals surface area contributed by atoms with Crippen LogP contribution in [0.25, 0.3) is 0 Å². The molecule has 7 heteroatoms. The second-order valence-electron chi connectivity index (χ2n) is 7.36. The summed E-state index contributed by atoms with van der Waals surface area (Å²) in [4.78, 5) is 11.6. The van der Waals surface area contributed by atoms with Gasteiger partial charge in [-0.2, -0.15) is 0 Å². The Labute approximate surface area is 161 Å². The summed E-state index contributed by atoms with van der Waals surface area (Å²) in [6.45, 7) is 5.97. The fraction of sp³-hybridized carbons (Fsp3) is 0.632. The molecule has 0 aromatic heterocycles. The first kappa shape index (κ1) is 19.3. The molecular formula is C19H30ClN5O. The van der Waals surface area contributed by atoms with Crippen molar-refractivity contribution in [3.05, 3.63) is 29.3 Å². The minimum Gasteiger partial charge on any atom is -0.381 e. The maximum Gasteiger partial charge on any atom is 0.191 e. The van der Waals surface area contributed by atoms with Crippen LogP contribution in [0.1, 0.15) is 12.8 Å². The monoisotopic (exact) mass is 379 g/mol. The van der Waals surface area contributed by atoms with E-state index < -0.39 is 0 Å². The van der Waals surface area contributed by atoms with Gasteiger partial charge in [0, 0.05) is 55.6 Å². The Balaban J connectivity index is 1.56. The molecule has 2 saturated heterocycles. The highest BCUT2D eigenvalue weighted by molar-refractivity contribution is 6.30. The molecule has 144 valence electrons. The van der Waals surface area contributed by atoms with Gasteiger partial charge in [0.25, 0.3) is 0 Å². The number of guanidine groups is 1. The molecule has 0 unspecified atom stereocenters. The molecule has 2 heterocycles. The number of piperazine rings is 1. The number of halogens is 1. The van der Waals surface area contributed by atoms with Crippen LogP contribution in [-0.4, -0.2) is 81.3 Å². The van der Waals surface area contributed by atoms with Gasteiger partial charge >= 0.3 is 0 Å². The number of likely N-dealkylation sites (N-methyl/N-ethyl adjacent to an activating group) is 1. The predicted octanol–water partition coefficient (Wildman–Crippen LogP) is 1.89. The van der Waals surface area contributed by atoms with E-state index in [0.29, 0.717) is 5.96 Å². The highest BCUT2D eigenvalue weighted by atomic mass is 35.5. The van der Waals surface area contributed by atoms with Crippen LogP contribution >= 0.6 is 11.6 Å². The number of ether oxygens (including phenoxy) is 1. The molecule has 0 bridgehead atoms. The van der Waals surface area contributed by atoms with Crippen molar-refractivity contribution >= 4 is 23.2 Å². The molecule has 2 fully saturated rings. The fourth-order valence-corrected chi connectivity index (χ4v) is 3.80. The summed E-state index contributed by atoms with van der Waals surface area (Å²) in [7, 11) is 4.25. The van der Waals surface area contributed by atoms with Crippen LogP contribution in [0.4, 0.5) is 5.69 Å². The van der Waals surface area contributed by atoms with Gasteiger partial charge in [-0.15, -0.1) is 0 Å². The molecule has 0 aliphatic carbocycles. The molecule has 0 saturated carbocycles. The highest BCUT2D eigenvalue weighted by Gasteiger charge is 2.34. The van der Waals surface area contributed by atoms with E-state index in [1.165, 1.54) is 5.69 Å². The van der Waals surface area contributed by atoms with Crippen LogP contribution in [0.3, 0.4) is 0 Å². The number of nitrogens with two attached hydrogens (primary N) is 1. The van der Waals surface area contributed by atoms with E-state index in [9.17, 15) is 0 Å². The van der Waals surface area contributed by atoms with Gasteiger partial charge in [0.2, 0.25) is 0 Å². The van der Waals surface area contributed by atoms with E-state index in [-0.39, 0.29) is 5.54 Å². The van der Waals surface area contributed by atoms with Crippen molar-refractivity contribution in [2.24, 2.45) is 10.7 Å². The number of hydrogen-bond donors (Lipinski definition) is 1. The molecule has 2 N–H and O–H groups in total. The molecule has 0 amide bonds. The van der Waals surface area contributed by atoms with Crippen LogP contribution in [0, 0.1) is 0 Å². The molecular weight excluding hydrogens is 350 g/mol. The van der Waals surface area contributed by atoms with Gasteiger partial charge in [-0.3, -0.25) is 4.99 Å². The van der Waals surface area contributed by atoms with Gasteiger partial charge in [-0.25, -0.2) is 0 Å². The van der Waals surface area contributed by atoms with Gasteiger partial charge < -0.3 is 25.2 Å². The second kappa shape index (κ2) is 8.46. The van der Waals surface area contributed by atoms with Crippen molar-refractivity contribution < 1.29 is 4.74 Å². The first-order valence-corrected chi connectivity index (χ1v) is 9.68. The zero-order valence-corrected chi connectivity index (χ0v) is 16.6. The van der Waals surface area contributed by atoms with Gasteiger partial charge in [0.05, 0.1) is 6.54 Å². The van der Waals surface area contributed by atoms with Crippen LogP contribution < -0.4 is 10.6 Å². The highest BCUT2D eigenvalue weighted by Crippen LogP contribution is 2.26. The molecule has 3 rings (SSSR count). The molecule has 2 aliphatic heterocycles. The molecule has 6 nitrogen and oxygen atoms in total. The lowest BCUT2D eigenvalue weighted by Crippen LogP contribution is -2.53. The van der Waals surface area contributed by atoms with Crippen molar-refractivity contribution in [2.45, 2.75) is 18.4 Å². The van der Waals surface area contributed by atoms with E-state index in [1.54, 1.807) is 0 Å². The Hall–Kier alpha value is -1.50. The summed E-state index contributed by atoms with van der Waals surface area (Å²) in [5, 5.41) is 0.770. The van der Waals surface area contributed by atoms with E-state index >= 15 is 0 Å². The normalized spacial score (nSPS) is 21.3. The molecule has 0 atom stereocenters. The third kappa shape index (κ3) is 4.42. The number of anilines is 1. The number of nitrogens with zero attached hydrogens (tertiary/aromatic N) is 4. The third-order valence-electron chi connectivity index (χ3n) is 5.70. The largest absolute Gasteiger partial charge is 0.381 e. The van der Waals surface area contributed by atoms with Gasteiger partial charge in [-0.05, 0) is 51.2 Å². The Bertz CT molecular complexity index is 605. The Morgan fingerprint density at radius 2 is 1.77 bits per heavy atom. The van der Waals surface area contributed by atoms with Crippen LogP contribution in [-0.2, 0) is 4.74 Å². The zero-order valence-electron chi connectivity index (χ0n) is 15.8. The summed E-state index contributed by atoms with van der Waals surface area (Å²) >= 11 is 5.98. The maximum absolute atomic E-state index is 6.32. The summed E-state index contributed by atoms with van der Waals surface area (Å²) in [6.07, 6.45) is 2.00. The minimum absolute atomic E-state index is 0.0635. The van der Waals surface area contributed by atoms with E-state index in [4.69, 9.17) is 27.1 Å². The topological polar surface area (TPSA) is 57.3 Å². The quantitative estimate of drug-likeness (QED) is 0.639. The van der Waals surface area contributed by atoms with Gasteiger partial charge in [0.1, 0.15) is 0 Å². The maximum atomic E-state index is 6.32. The fourth-order valence-electron chi connectivity index (χ4n) is 3.67. The smallest absolute Gasteiger partial charge is 0.191 e. The molecule has 0 radical (unpaired) electrons. The number of aliphatic imine (C=N–C) groups is 1. The summed E-state index contributed by atoms with van der Waals surface area (Å²) in [5.41, 5.74) is 7.59. The molecule has 26 heavy (non-hydrogen) atoms. The summed E-state index contributed by atoms with van der Waals surface area (Å²) in [5.74, 6) is 0.661. The van der Waals surface area contributed by atoms with Gasteiger partial charge in [0.15, 0.2) is 5.96 Å². The summed E-state index contributed by atoms with van der Waals surface area (Å²) < 4.78 is 5.53. The van der Waals surface area contributed by atoms with Crippen molar-refractivity contribution in [3.63, 3.8) is 0 Å². The molecule has 0 spiro atoms. The number of benzene rings is 1. The first-order chi connectivity index (χ1) is 12.5. The van der Waals surface area contributed by atoms with E-state index in [1.807, 2.05) is 12.1 Å². The Morgan fingerprint density at radius 1 is 1.15 bits per heavy atom. The number of hydrogen-bond acceptors (Lipinski definition) is 4. The van der Waals surface area contributed by atoms with Crippen molar-refractivity contribution in [2.75, 3.05) is 64.9 Å². The minimum atomic E-state index is 0.0635. The van der Waals surface area contributed by atoms with E-state index in [0.717, 1.165) is 63.8 Å². The Morgan fingerprint density at radius 3 is 2.35 bits per heavy atom. The SMILES string of the molecule is CN(C)C1(CN=C(N)N2CCN(c3ccc(Cl)cc3)CC2)CCOCC1. The average Bonchev–Trinajstić information content (AvgIpc) is 2.67. The van der Waals surface area contributed by atoms with Crippen LogP contribution in [0.5, 0.6) is 0 Å². The lowest BCUT2D eigenvalue weighted by molar-refractivity contribution is -0.00261. The third-order valence-corrected chi connectivity index (χ3v) is 5.95. The van der Waals surface area contributed by atoms with Crippen molar-refractivity contribution in [3.8, 4) is 0 Å². The summed E-state index contributed by atoms with van der Waals surface area (Å²) in [6, 6.07) is 8.02. The zero-order chi connectivity index (χ0) is 18.6. The van der Waals surface area contributed by atoms with E-state index in [2.05, 4.69) is 40.9 Å². The molecule has 2 aliphatic rings. The average molecular weight is 380 g/mol. The van der Waals surface area contributed by atoms with Crippen LogP contribution in [0.2, 0.25) is 5.02 Å². The molecule has 1 aromatic rings. The van der Waals surface area contributed by atoms with Gasteiger partial charge in [-0.1, -0.05) is 11.6 Å². The molecule has 1 aromatic carbocycles. The standard InChI is InChI=1S/C19H30ClN5O/c1-23(2)19(7-13-26-14-8-19)15-22-18(21)25-11-9-24(10-12-25)17-5-3-16(20)4-6-17/h3-6H,7-15H2,1-2H3,(H2,21,22). The first-order valence-electron chi connectivity index (χ1n) is 9.31. The van der Waals surface area contributed by atoms with Crippen LogP contribution in [0.15, 0.2) is 29.3 Å². The Kier molecular flexibility index (Phi) is 6.27. The van der Waals surface area contributed by atoms with Crippen molar-refractivity contribution in [1.29, 1.82) is 0 Å². The van der Waals surface area contributed by atoms with Crippen molar-refractivity contribution in [1.82, 2.24) is 9.80 Å². The lowest BCUT2D eigenvalue weighted by atomic mass is 9.89. The lowest BCUT2D eigenvalue weighted by Gasteiger charge is -2.42. The number of rotatable bonds is 4.